The molecule has 0 saturated carbocycles. The molecule has 0 spiro atoms. The van der Waals surface area contributed by atoms with Gasteiger partial charge in [-0.25, -0.2) is 0 Å². The minimum absolute atomic E-state index is 0.0800. The molecule has 0 radical (unpaired) electrons. The number of carbonyl (C=O) groups is 1. The Kier molecular flexibility index (Phi) is 6.39. The van der Waals surface area contributed by atoms with Crippen LogP contribution in [0.5, 0.6) is 11.5 Å². The largest absolute Gasteiger partial charge is 0.457 e. The number of unbranched alkanes of at least 4 members (excludes halogenated alkanes) is 1. The number of rotatable bonds is 8. The van der Waals surface area contributed by atoms with Gasteiger partial charge < -0.3 is 15.2 Å². The fraction of sp³-hybridized carbons (Fsp3) is 0.273. The van der Waals surface area contributed by atoms with E-state index in [9.17, 15) is 9.90 Å². The van der Waals surface area contributed by atoms with Crippen LogP contribution < -0.4 is 10.1 Å². The molecule has 1 amide bonds. The van der Waals surface area contributed by atoms with Gasteiger partial charge in [0, 0.05) is 11.6 Å². The molecule has 0 aliphatic heterocycles. The predicted octanol–water partition coefficient (Wildman–Crippen LogP) is 4.91. The van der Waals surface area contributed by atoms with Crippen molar-refractivity contribution >= 4 is 22.5 Å². The summed E-state index contributed by atoms with van der Waals surface area (Å²) in [4.78, 5) is 16.7. The Hall–Kier alpha value is -2.92. The second kappa shape index (κ2) is 9.14. The van der Waals surface area contributed by atoms with Crippen LogP contribution in [0.2, 0.25) is 0 Å². The minimum atomic E-state index is -0.620. The summed E-state index contributed by atoms with van der Waals surface area (Å²) in [5, 5.41) is 13.6. The third-order valence-corrected chi connectivity index (χ3v) is 4.29. The molecule has 5 nitrogen and oxygen atoms in total. The number of ether oxygens (including phenoxy) is 1. The Bertz CT molecular complexity index is 896. The molecule has 0 aliphatic rings. The molecule has 2 aromatic carbocycles. The first-order chi connectivity index (χ1) is 13.2. The summed E-state index contributed by atoms with van der Waals surface area (Å²) in [5.41, 5.74) is 1.26. The Morgan fingerprint density at radius 1 is 1.15 bits per heavy atom. The van der Waals surface area contributed by atoms with Crippen LogP contribution >= 0.6 is 0 Å². The normalized spacial score (nSPS) is 11.9. The van der Waals surface area contributed by atoms with E-state index in [2.05, 4.69) is 17.2 Å². The third kappa shape index (κ3) is 5.05. The molecule has 0 saturated heterocycles. The number of para-hydroxylation sites is 1. The van der Waals surface area contributed by atoms with Crippen molar-refractivity contribution in [1.29, 1.82) is 0 Å². The number of benzene rings is 2. The van der Waals surface area contributed by atoms with Gasteiger partial charge in [-0.2, -0.15) is 0 Å². The topological polar surface area (TPSA) is 71.5 Å². The molecule has 1 heterocycles. The lowest BCUT2D eigenvalue weighted by Gasteiger charge is -2.14. The Morgan fingerprint density at radius 3 is 2.74 bits per heavy atom. The first-order valence-corrected chi connectivity index (χ1v) is 9.26. The van der Waals surface area contributed by atoms with Crippen LogP contribution in [0.25, 0.3) is 10.9 Å². The summed E-state index contributed by atoms with van der Waals surface area (Å²) >= 11 is 0. The number of carbonyl (C=O) groups excluding carboxylic acids is 1. The van der Waals surface area contributed by atoms with E-state index in [4.69, 9.17) is 4.74 Å². The van der Waals surface area contributed by atoms with Crippen LogP contribution in [0.15, 0.2) is 60.8 Å². The Morgan fingerprint density at radius 2 is 1.96 bits per heavy atom. The van der Waals surface area contributed by atoms with Crippen LogP contribution in [0.4, 0.5) is 5.69 Å². The number of nitrogens with one attached hydrogen (secondary N) is 1. The molecular weight excluding hydrogens is 340 g/mol. The lowest BCUT2D eigenvalue weighted by atomic mass is 10.1. The fourth-order valence-corrected chi connectivity index (χ4v) is 2.91. The van der Waals surface area contributed by atoms with E-state index in [1.807, 2.05) is 48.5 Å². The molecule has 3 aromatic rings. The number of nitrogens with zero attached hydrogens (tertiary/aromatic N) is 1. The summed E-state index contributed by atoms with van der Waals surface area (Å²) in [7, 11) is 0. The van der Waals surface area contributed by atoms with Crippen molar-refractivity contribution in [3.05, 3.63) is 60.8 Å². The first kappa shape index (κ1) is 18.9. The summed E-state index contributed by atoms with van der Waals surface area (Å²) in [6.07, 6.45) is 3.68. The van der Waals surface area contributed by atoms with Crippen molar-refractivity contribution in [3.63, 3.8) is 0 Å². The lowest BCUT2D eigenvalue weighted by molar-refractivity contribution is -0.118. The van der Waals surface area contributed by atoms with Gasteiger partial charge in [-0.3, -0.25) is 9.78 Å². The van der Waals surface area contributed by atoms with Crippen LogP contribution in [0.1, 0.15) is 32.6 Å². The average Bonchev–Trinajstić information content (AvgIpc) is 2.69. The standard InChI is InChI=1S/C22H24N2O3/c1-2-3-8-16(25)15-21(26)24-19-12-13-20(18-11-7-14-23-22(18)19)27-17-9-5-4-6-10-17/h4-7,9-14,16,25H,2-3,8,15H2,1H3,(H,24,26). The summed E-state index contributed by atoms with van der Waals surface area (Å²) < 4.78 is 5.97. The highest BCUT2D eigenvalue weighted by Gasteiger charge is 2.14. The monoisotopic (exact) mass is 364 g/mol. The summed E-state index contributed by atoms with van der Waals surface area (Å²) in [5.74, 6) is 1.19. The predicted molar refractivity (Wildman–Crippen MR) is 107 cm³/mol. The highest BCUT2D eigenvalue weighted by molar-refractivity contribution is 6.02. The Balaban J connectivity index is 1.79. The molecule has 3 rings (SSSR count). The van der Waals surface area contributed by atoms with E-state index < -0.39 is 6.10 Å². The van der Waals surface area contributed by atoms with Gasteiger partial charge in [0.1, 0.15) is 11.5 Å². The molecule has 0 aliphatic carbocycles. The minimum Gasteiger partial charge on any atom is -0.457 e. The third-order valence-electron chi connectivity index (χ3n) is 4.29. The van der Waals surface area contributed by atoms with Gasteiger partial charge in [-0.05, 0) is 42.8 Å². The number of amides is 1. The molecule has 1 atom stereocenters. The van der Waals surface area contributed by atoms with Crippen LogP contribution in [0.3, 0.4) is 0 Å². The summed E-state index contributed by atoms with van der Waals surface area (Å²) in [6.45, 7) is 2.06. The molecule has 1 aromatic heterocycles. The van der Waals surface area contributed by atoms with Gasteiger partial charge in [0.25, 0.3) is 0 Å². The number of aliphatic hydroxyl groups excluding tert-OH is 1. The zero-order valence-electron chi connectivity index (χ0n) is 15.4. The zero-order valence-corrected chi connectivity index (χ0v) is 15.4. The zero-order chi connectivity index (χ0) is 19.1. The maximum absolute atomic E-state index is 12.3. The second-order valence-corrected chi connectivity index (χ2v) is 6.47. The van der Waals surface area contributed by atoms with Crippen molar-refractivity contribution in [2.45, 2.75) is 38.7 Å². The van der Waals surface area contributed by atoms with E-state index in [0.29, 0.717) is 23.4 Å². The van der Waals surface area contributed by atoms with E-state index in [1.54, 1.807) is 12.3 Å². The van der Waals surface area contributed by atoms with Crippen molar-refractivity contribution in [1.82, 2.24) is 4.98 Å². The molecule has 0 bridgehead atoms. The second-order valence-electron chi connectivity index (χ2n) is 6.47. The molecule has 1 unspecified atom stereocenters. The van der Waals surface area contributed by atoms with Gasteiger partial charge >= 0.3 is 0 Å². The van der Waals surface area contributed by atoms with E-state index >= 15 is 0 Å². The quantitative estimate of drug-likeness (QED) is 0.596. The smallest absolute Gasteiger partial charge is 0.227 e. The number of aliphatic hydroxyl groups is 1. The van der Waals surface area contributed by atoms with Crippen molar-refractivity contribution in [3.8, 4) is 11.5 Å². The highest BCUT2D eigenvalue weighted by atomic mass is 16.5. The number of pyridine rings is 1. The van der Waals surface area contributed by atoms with Gasteiger partial charge in [-0.15, -0.1) is 0 Å². The van der Waals surface area contributed by atoms with Crippen LogP contribution in [-0.2, 0) is 4.79 Å². The van der Waals surface area contributed by atoms with Crippen LogP contribution in [-0.4, -0.2) is 22.1 Å². The molecule has 0 fully saturated rings. The van der Waals surface area contributed by atoms with Gasteiger partial charge in [0.05, 0.1) is 23.7 Å². The van der Waals surface area contributed by atoms with Gasteiger partial charge in [0.2, 0.25) is 5.91 Å². The van der Waals surface area contributed by atoms with E-state index in [1.165, 1.54) is 0 Å². The van der Waals surface area contributed by atoms with Crippen molar-refractivity contribution < 1.29 is 14.6 Å². The van der Waals surface area contributed by atoms with Crippen molar-refractivity contribution in [2.75, 3.05) is 5.32 Å². The number of hydrogen-bond donors (Lipinski definition) is 2. The fourth-order valence-electron chi connectivity index (χ4n) is 2.91. The lowest BCUT2D eigenvalue weighted by Crippen LogP contribution is -2.20. The number of aromatic nitrogens is 1. The van der Waals surface area contributed by atoms with Crippen molar-refractivity contribution in [2.24, 2.45) is 0 Å². The SMILES string of the molecule is CCCCC(O)CC(=O)Nc1ccc(Oc2ccccc2)c2cccnc12. The molecule has 2 N–H and O–H groups in total. The molecule has 27 heavy (non-hydrogen) atoms. The average molecular weight is 364 g/mol. The van der Waals surface area contributed by atoms with Gasteiger partial charge in [0.15, 0.2) is 0 Å². The maximum atomic E-state index is 12.3. The number of anilines is 1. The molecule has 5 heteroatoms. The van der Waals surface area contributed by atoms with Crippen LogP contribution in [0, 0.1) is 0 Å². The molecule has 140 valence electrons. The molecular formula is C22H24N2O3. The number of hydrogen-bond acceptors (Lipinski definition) is 4. The van der Waals surface area contributed by atoms with Gasteiger partial charge in [-0.1, -0.05) is 38.0 Å². The van der Waals surface area contributed by atoms with E-state index in [0.717, 1.165) is 24.0 Å². The number of fused-ring (bicyclic) bond motifs is 1. The highest BCUT2D eigenvalue weighted by Crippen LogP contribution is 2.33. The van der Waals surface area contributed by atoms with E-state index in [-0.39, 0.29) is 12.3 Å². The maximum Gasteiger partial charge on any atom is 0.227 e. The summed E-state index contributed by atoms with van der Waals surface area (Å²) in [6, 6.07) is 16.9. The first-order valence-electron chi connectivity index (χ1n) is 9.26. The Labute approximate surface area is 159 Å².